The molecule has 1 amide bonds. The molecule has 6 N–H and O–H groups in total. The summed E-state index contributed by atoms with van der Waals surface area (Å²) in [4.78, 5) is 20.3. The summed E-state index contributed by atoms with van der Waals surface area (Å²) in [6, 6.07) is 6.05. The van der Waals surface area contributed by atoms with E-state index in [-0.39, 0.29) is 35.2 Å². The van der Waals surface area contributed by atoms with Crippen molar-refractivity contribution in [1.29, 1.82) is 0 Å². The Bertz CT molecular complexity index is 1260. The number of nitrogens with zero attached hydrogens (tertiary/aromatic N) is 5. The molecule has 1 atom stereocenters. The molecule has 14 heteroatoms. The average molecular weight is 494 g/mol. The maximum absolute atomic E-state index is 14.6. The van der Waals surface area contributed by atoms with Crippen LogP contribution in [-0.2, 0) is 6.18 Å². The van der Waals surface area contributed by atoms with Crippen molar-refractivity contribution in [2.45, 2.75) is 26.1 Å². The van der Waals surface area contributed by atoms with Crippen molar-refractivity contribution in [2.24, 2.45) is 16.8 Å². The summed E-state index contributed by atoms with van der Waals surface area (Å²) in [5.74, 6) is 9.54. The average Bonchev–Trinajstić information content (AvgIpc) is 3.30. The van der Waals surface area contributed by atoms with E-state index in [0.717, 1.165) is 34.2 Å². The SMILES string of the molecule is Cc1cc(F)c(C(=O)Nc2cccc(/C(=N/N)N(N)[C@H](C)CO)n2)cc1-n1cnc(C(F)(F)F)c1. The lowest BCUT2D eigenvalue weighted by Crippen LogP contribution is -2.47. The van der Waals surface area contributed by atoms with Gasteiger partial charge in [-0.1, -0.05) is 6.07 Å². The molecule has 0 saturated heterocycles. The topological polar surface area (TPSA) is 148 Å². The third-order valence-corrected chi connectivity index (χ3v) is 5.01. The van der Waals surface area contributed by atoms with Gasteiger partial charge in [0.05, 0.1) is 30.2 Å². The number of aryl methyl sites for hydroxylation is 1. The number of aliphatic hydroxyl groups is 1. The number of aromatic nitrogens is 3. The van der Waals surface area contributed by atoms with Crippen LogP contribution in [0.5, 0.6) is 0 Å². The predicted octanol–water partition coefficient (Wildman–Crippen LogP) is 2.16. The zero-order chi connectivity index (χ0) is 25.9. The first-order valence-electron chi connectivity index (χ1n) is 10.1. The summed E-state index contributed by atoms with van der Waals surface area (Å²) in [5, 5.41) is 16.4. The smallest absolute Gasteiger partial charge is 0.394 e. The Morgan fingerprint density at radius 2 is 2.06 bits per heavy atom. The molecular weight excluding hydrogens is 472 g/mol. The number of hydrazine groups is 1. The highest BCUT2D eigenvalue weighted by Gasteiger charge is 2.33. The highest BCUT2D eigenvalue weighted by atomic mass is 19.4. The number of carbonyl (C=O) groups is 1. The molecule has 0 radical (unpaired) electrons. The Kier molecular flexibility index (Phi) is 7.36. The van der Waals surface area contributed by atoms with Gasteiger partial charge in [0.25, 0.3) is 5.91 Å². The maximum atomic E-state index is 14.6. The van der Waals surface area contributed by atoms with Crippen molar-refractivity contribution in [3.63, 3.8) is 0 Å². The monoisotopic (exact) mass is 494 g/mol. The minimum Gasteiger partial charge on any atom is -0.394 e. The molecule has 0 bridgehead atoms. The molecule has 0 aliphatic carbocycles. The summed E-state index contributed by atoms with van der Waals surface area (Å²) < 4.78 is 54.4. The van der Waals surface area contributed by atoms with Gasteiger partial charge in [-0.05, 0) is 43.7 Å². The molecule has 1 aromatic carbocycles. The molecule has 10 nitrogen and oxygen atoms in total. The van der Waals surface area contributed by atoms with Crippen LogP contribution in [0.2, 0.25) is 0 Å². The summed E-state index contributed by atoms with van der Waals surface area (Å²) in [5.41, 5.74) is -0.973. The molecule has 186 valence electrons. The lowest BCUT2D eigenvalue weighted by Gasteiger charge is -2.25. The molecule has 2 aromatic heterocycles. The Morgan fingerprint density at radius 3 is 2.66 bits per heavy atom. The number of amides is 1. The van der Waals surface area contributed by atoms with Gasteiger partial charge >= 0.3 is 6.18 Å². The van der Waals surface area contributed by atoms with Crippen LogP contribution < -0.4 is 17.0 Å². The minimum atomic E-state index is -4.66. The van der Waals surface area contributed by atoms with Crippen LogP contribution in [-0.4, -0.2) is 49.0 Å². The van der Waals surface area contributed by atoms with Crippen LogP contribution in [0.1, 0.15) is 34.2 Å². The molecule has 0 unspecified atom stereocenters. The van der Waals surface area contributed by atoms with E-state index in [1.165, 1.54) is 25.1 Å². The van der Waals surface area contributed by atoms with Crippen molar-refractivity contribution >= 4 is 17.6 Å². The maximum Gasteiger partial charge on any atom is 0.434 e. The second kappa shape index (κ2) is 10.1. The molecule has 35 heavy (non-hydrogen) atoms. The number of nitrogens with two attached hydrogens (primary N) is 2. The number of hydrogen-bond donors (Lipinski definition) is 4. The van der Waals surface area contributed by atoms with Crippen molar-refractivity contribution in [1.82, 2.24) is 19.5 Å². The number of rotatable bonds is 6. The molecular formula is C21H22F4N8O2. The van der Waals surface area contributed by atoms with Gasteiger partial charge < -0.3 is 20.8 Å². The lowest BCUT2D eigenvalue weighted by atomic mass is 10.1. The number of benzene rings is 1. The molecule has 3 aromatic rings. The van der Waals surface area contributed by atoms with Crippen LogP contribution in [0.4, 0.5) is 23.4 Å². The number of anilines is 1. The van der Waals surface area contributed by atoms with Gasteiger partial charge in [-0.25, -0.2) is 20.2 Å². The highest BCUT2D eigenvalue weighted by Crippen LogP contribution is 2.29. The predicted molar refractivity (Wildman–Crippen MR) is 119 cm³/mol. The number of pyridine rings is 1. The third kappa shape index (κ3) is 5.55. The number of halogens is 4. The number of aliphatic hydroxyl groups excluding tert-OH is 1. The minimum absolute atomic E-state index is 0.00205. The van der Waals surface area contributed by atoms with Gasteiger partial charge in [0.1, 0.15) is 17.3 Å². The van der Waals surface area contributed by atoms with Crippen LogP contribution in [0.15, 0.2) is 48.0 Å². The number of nitrogens with one attached hydrogen (secondary N) is 1. The zero-order valence-corrected chi connectivity index (χ0v) is 18.6. The standard InChI is InChI=1S/C21H22F4N8O2/c1-11-6-14(22)13(7-16(11)32-8-17(28-10-32)21(23,24)25)20(35)30-18-5-3-4-15(29-18)19(31-26)33(27)12(2)9-34/h3-8,10,12,34H,9,26-27H2,1-2H3,(H,29,30,35)/b31-19-/t12-/m1/s1. The van der Waals surface area contributed by atoms with E-state index in [1.807, 2.05) is 0 Å². The van der Waals surface area contributed by atoms with Gasteiger partial charge in [-0.3, -0.25) is 9.80 Å². The molecule has 0 fully saturated rings. The van der Waals surface area contributed by atoms with Crippen molar-refractivity contribution < 1.29 is 27.5 Å². The molecule has 0 spiro atoms. The molecule has 0 aliphatic heterocycles. The van der Waals surface area contributed by atoms with E-state index in [1.54, 1.807) is 6.92 Å². The molecule has 3 rings (SSSR count). The van der Waals surface area contributed by atoms with Crippen LogP contribution in [0.25, 0.3) is 5.69 Å². The Balaban J connectivity index is 1.90. The first kappa shape index (κ1) is 25.6. The summed E-state index contributed by atoms with van der Waals surface area (Å²) in [6.07, 6.45) is -2.99. The van der Waals surface area contributed by atoms with E-state index in [4.69, 9.17) is 11.7 Å². The Hall–Kier alpha value is -4.04. The fraction of sp³-hybridized carbons (Fsp3) is 0.238. The summed E-state index contributed by atoms with van der Waals surface area (Å²) >= 11 is 0. The first-order valence-corrected chi connectivity index (χ1v) is 10.1. The van der Waals surface area contributed by atoms with E-state index in [0.29, 0.717) is 0 Å². The molecule has 0 aliphatic rings. The van der Waals surface area contributed by atoms with Crippen LogP contribution in [0.3, 0.4) is 0 Å². The van der Waals surface area contributed by atoms with E-state index in [2.05, 4.69) is 20.4 Å². The van der Waals surface area contributed by atoms with Crippen LogP contribution in [0, 0.1) is 12.7 Å². The number of alkyl halides is 3. The number of amidine groups is 1. The lowest BCUT2D eigenvalue weighted by molar-refractivity contribution is -0.140. The van der Waals surface area contributed by atoms with Crippen molar-refractivity contribution in [3.8, 4) is 5.69 Å². The van der Waals surface area contributed by atoms with Crippen molar-refractivity contribution in [3.05, 3.63) is 71.2 Å². The zero-order valence-electron chi connectivity index (χ0n) is 18.6. The second-order valence-corrected chi connectivity index (χ2v) is 7.54. The highest BCUT2D eigenvalue weighted by molar-refractivity contribution is 6.05. The fourth-order valence-electron chi connectivity index (χ4n) is 3.09. The molecule has 0 saturated carbocycles. The number of carbonyl (C=O) groups excluding carboxylic acids is 1. The molecule has 2 heterocycles. The fourth-order valence-corrected chi connectivity index (χ4v) is 3.09. The summed E-state index contributed by atoms with van der Waals surface area (Å²) in [7, 11) is 0. The number of hydrazone groups is 1. The quantitative estimate of drug-likeness (QED) is 0.135. The van der Waals surface area contributed by atoms with Gasteiger partial charge in [-0.15, -0.1) is 0 Å². The van der Waals surface area contributed by atoms with Gasteiger partial charge in [-0.2, -0.15) is 18.3 Å². The Labute approximate surface area is 196 Å². The largest absolute Gasteiger partial charge is 0.434 e. The van der Waals surface area contributed by atoms with Gasteiger partial charge in [0.15, 0.2) is 11.5 Å². The second-order valence-electron chi connectivity index (χ2n) is 7.54. The third-order valence-electron chi connectivity index (χ3n) is 5.01. The number of imidazole rings is 1. The van der Waals surface area contributed by atoms with Gasteiger partial charge in [0, 0.05) is 6.20 Å². The number of hydrogen-bond acceptors (Lipinski definition) is 7. The Morgan fingerprint density at radius 1 is 1.34 bits per heavy atom. The van der Waals surface area contributed by atoms with Gasteiger partial charge in [0.2, 0.25) is 0 Å². The van der Waals surface area contributed by atoms with E-state index in [9.17, 15) is 27.5 Å². The van der Waals surface area contributed by atoms with Crippen molar-refractivity contribution in [2.75, 3.05) is 11.9 Å². The summed E-state index contributed by atoms with van der Waals surface area (Å²) in [6.45, 7) is 2.81. The normalized spacial score (nSPS) is 13.0. The van der Waals surface area contributed by atoms with E-state index >= 15 is 0 Å². The van der Waals surface area contributed by atoms with E-state index < -0.39 is 35.2 Å². The first-order chi connectivity index (χ1) is 16.5. The van der Waals surface area contributed by atoms with Crippen LogP contribution >= 0.6 is 0 Å².